The number of ether oxygens (including phenoxy) is 1. The molecule has 7 heteroatoms. The van der Waals surface area contributed by atoms with Crippen molar-refractivity contribution >= 4 is 34.8 Å². The summed E-state index contributed by atoms with van der Waals surface area (Å²) in [4.78, 5) is 37.7. The maximum atomic E-state index is 12.6. The van der Waals surface area contributed by atoms with Crippen molar-refractivity contribution in [2.24, 2.45) is 0 Å². The highest BCUT2D eigenvalue weighted by Gasteiger charge is 2.34. The molecule has 0 atom stereocenters. The fourth-order valence-electron chi connectivity index (χ4n) is 3.49. The van der Waals surface area contributed by atoms with Gasteiger partial charge in [-0.2, -0.15) is 0 Å². The molecule has 0 saturated carbocycles. The Bertz CT molecular complexity index is 1150. The van der Waals surface area contributed by atoms with E-state index in [4.69, 9.17) is 4.74 Å². The maximum Gasteiger partial charge on any atom is 0.331 e. The number of hydrogen-bond acceptors (Lipinski definition) is 4. The molecule has 152 valence electrons. The number of benzene rings is 2. The van der Waals surface area contributed by atoms with Crippen molar-refractivity contribution in [1.82, 2.24) is 14.8 Å². The lowest BCUT2D eigenvalue weighted by atomic mass is 10.1. The summed E-state index contributed by atoms with van der Waals surface area (Å²) in [5, 5.41) is 3.13. The molecule has 1 fully saturated rings. The number of hydrogen-bond donors (Lipinski definition) is 1. The molecular formula is C23H21N3O4. The largest absolute Gasteiger partial charge is 0.492 e. The molecule has 4 rings (SSSR count). The van der Waals surface area contributed by atoms with Crippen LogP contribution in [-0.2, 0) is 16.1 Å². The van der Waals surface area contributed by atoms with E-state index < -0.39 is 17.8 Å². The molecule has 0 bridgehead atoms. The van der Waals surface area contributed by atoms with Crippen LogP contribution in [0, 0.1) is 0 Å². The number of carbonyl (C=O) groups is 3. The molecule has 1 aliphatic heterocycles. The smallest absolute Gasteiger partial charge is 0.331 e. The van der Waals surface area contributed by atoms with Crippen LogP contribution in [0.1, 0.15) is 12.5 Å². The molecule has 2 aromatic carbocycles. The lowest BCUT2D eigenvalue weighted by molar-refractivity contribution is -0.129. The second-order valence-corrected chi connectivity index (χ2v) is 6.82. The quantitative estimate of drug-likeness (QED) is 0.506. The minimum Gasteiger partial charge on any atom is -0.492 e. The van der Waals surface area contributed by atoms with Crippen molar-refractivity contribution in [3.05, 3.63) is 71.9 Å². The molecule has 1 N–H and O–H groups in total. The van der Waals surface area contributed by atoms with E-state index >= 15 is 0 Å². The maximum absolute atomic E-state index is 12.6. The van der Waals surface area contributed by atoms with Gasteiger partial charge in [0.1, 0.15) is 17.9 Å². The first kappa shape index (κ1) is 19.4. The minimum atomic E-state index is -0.690. The molecule has 1 aromatic heterocycles. The van der Waals surface area contributed by atoms with Crippen LogP contribution in [0.25, 0.3) is 17.0 Å². The summed E-state index contributed by atoms with van der Waals surface area (Å²) >= 11 is 0. The van der Waals surface area contributed by atoms with Gasteiger partial charge in [0.15, 0.2) is 0 Å². The van der Waals surface area contributed by atoms with Gasteiger partial charge in [-0.3, -0.25) is 19.8 Å². The van der Waals surface area contributed by atoms with E-state index in [-0.39, 0.29) is 12.1 Å². The summed E-state index contributed by atoms with van der Waals surface area (Å²) in [5.41, 5.74) is 1.64. The van der Waals surface area contributed by atoms with E-state index in [9.17, 15) is 14.4 Å². The van der Waals surface area contributed by atoms with Crippen molar-refractivity contribution < 1.29 is 19.1 Å². The Kier molecular flexibility index (Phi) is 5.34. The monoisotopic (exact) mass is 403 g/mol. The van der Waals surface area contributed by atoms with E-state index in [1.54, 1.807) is 13.0 Å². The van der Waals surface area contributed by atoms with Gasteiger partial charge in [-0.15, -0.1) is 0 Å². The van der Waals surface area contributed by atoms with Crippen molar-refractivity contribution in [2.75, 3.05) is 13.2 Å². The van der Waals surface area contributed by atoms with Crippen molar-refractivity contribution in [2.45, 2.75) is 13.5 Å². The van der Waals surface area contributed by atoms with Gasteiger partial charge in [-0.1, -0.05) is 36.4 Å². The SMILES string of the molecule is CCN1C(=O)NC(=O)C(=Cc2cn(CCOc3ccccc3)c3ccccc23)C1=O. The molecular weight excluding hydrogens is 382 g/mol. The van der Waals surface area contributed by atoms with Crippen LogP contribution < -0.4 is 10.1 Å². The van der Waals surface area contributed by atoms with Gasteiger partial charge in [0.2, 0.25) is 0 Å². The zero-order chi connectivity index (χ0) is 21.1. The Labute approximate surface area is 173 Å². The first-order valence-electron chi connectivity index (χ1n) is 9.73. The second-order valence-electron chi connectivity index (χ2n) is 6.82. The topological polar surface area (TPSA) is 80.6 Å². The first-order valence-corrected chi connectivity index (χ1v) is 9.73. The molecule has 0 unspecified atom stereocenters. The average molecular weight is 403 g/mol. The Morgan fingerprint density at radius 2 is 1.73 bits per heavy atom. The van der Waals surface area contributed by atoms with Crippen molar-refractivity contribution in [3.8, 4) is 5.75 Å². The lowest BCUT2D eigenvalue weighted by Gasteiger charge is -2.24. The Hall–Kier alpha value is -3.87. The van der Waals surface area contributed by atoms with E-state index in [0.717, 1.165) is 27.1 Å². The zero-order valence-corrected chi connectivity index (χ0v) is 16.5. The molecule has 1 aliphatic rings. The third-order valence-corrected chi connectivity index (χ3v) is 4.97. The number of urea groups is 1. The number of aromatic nitrogens is 1. The molecule has 2 heterocycles. The highest BCUT2D eigenvalue weighted by molar-refractivity contribution is 6.31. The van der Waals surface area contributed by atoms with E-state index in [1.807, 2.05) is 65.4 Å². The number of fused-ring (bicyclic) bond motifs is 1. The summed E-state index contributed by atoms with van der Waals surface area (Å²) in [6.07, 6.45) is 3.43. The molecule has 0 aliphatic carbocycles. The highest BCUT2D eigenvalue weighted by atomic mass is 16.5. The third-order valence-electron chi connectivity index (χ3n) is 4.97. The van der Waals surface area contributed by atoms with Crippen LogP contribution >= 0.6 is 0 Å². The molecule has 0 spiro atoms. The van der Waals surface area contributed by atoms with Crippen LogP contribution in [-0.4, -0.2) is 40.5 Å². The summed E-state index contributed by atoms with van der Waals surface area (Å²) < 4.78 is 7.82. The predicted molar refractivity (Wildman–Crippen MR) is 113 cm³/mol. The van der Waals surface area contributed by atoms with Crippen molar-refractivity contribution in [3.63, 3.8) is 0 Å². The highest BCUT2D eigenvalue weighted by Crippen LogP contribution is 2.25. The number of imide groups is 2. The van der Waals surface area contributed by atoms with E-state index in [0.29, 0.717) is 13.2 Å². The van der Waals surface area contributed by atoms with Crippen LogP contribution in [0.5, 0.6) is 5.75 Å². The number of nitrogens with one attached hydrogen (secondary N) is 1. The van der Waals surface area contributed by atoms with E-state index in [1.165, 1.54) is 0 Å². The third kappa shape index (κ3) is 3.69. The molecule has 30 heavy (non-hydrogen) atoms. The number of amides is 4. The minimum absolute atomic E-state index is 0.0557. The van der Waals surface area contributed by atoms with Crippen LogP contribution in [0.4, 0.5) is 4.79 Å². The van der Waals surface area contributed by atoms with Gasteiger partial charge < -0.3 is 9.30 Å². The number of rotatable bonds is 6. The second kappa shape index (κ2) is 8.24. The van der Waals surface area contributed by atoms with Gasteiger partial charge in [-0.05, 0) is 31.2 Å². The molecule has 4 amide bonds. The lowest BCUT2D eigenvalue weighted by Crippen LogP contribution is -2.53. The molecule has 3 aromatic rings. The molecule has 7 nitrogen and oxygen atoms in total. The molecule has 0 radical (unpaired) electrons. The summed E-state index contributed by atoms with van der Waals surface area (Å²) in [7, 11) is 0. The van der Waals surface area contributed by atoms with Gasteiger partial charge in [0, 0.05) is 29.2 Å². The number of likely N-dealkylation sites (N-methyl/N-ethyl adjacent to an activating group) is 1. The Morgan fingerprint density at radius 1 is 1.00 bits per heavy atom. The number of para-hydroxylation sites is 2. The zero-order valence-electron chi connectivity index (χ0n) is 16.5. The fourth-order valence-corrected chi connectivity index (χ4v) is 3.49. The Morgan fingerprint density at radius 3 is 2.50 bits per heavy atom. The number of barbiturate groups is 1. The normalized spacial score (nSPS) is 15.7. The van der Waals surface area contributed by atoms with Crippen LogP contribution in [0.15, 0.2) is 66.4 Å². The average Bonchev–Trinajstić information content (AvgIpc) is 3.10. The molecule has 1 saturated heterocycles. The van der Waals surface area contributed by atoms with E-state index in [2.05, 4.69) is 5.32 Å². The number of carbonyl (C=O) groups excluding carboxylic acids is 3. The first-order chi connectivity index (χ1) is 14.6. The van der Waals surface area contributed by atoms with Crippen LogP contribution in [0.3, 0.4) is 0 Å². The predicted octanol–water partition coefficient (Wildman–Crippen LogP) is 3.20. The standard InChI is InChI=1S/C23H21N3O4/c1-2-26-22(28)19(21(27)24-23(26)29)14-16-15-25(20-11-7-6-10-18(16)20)12-13-30-17-8-4-3-5-9-17/h3-11,14-15H,2,12-13H2,1H3,(H,24,27,29). The van der Waals surface area contributed by atoms with Crippen molar-refractivity contribution in [1.29, 1.82) is 0 Å². The fraction of sp³-hybridized carbons (Fsp3) is 0.174. The summed E-state index contributed by atoms with van der Waals surface area (Å²) in [6, 6.07) is 16.6. The van der Waals surface area contributed by atoms with Gasteiger partial charge in [-0.25, -0.2) is 4.79 Å². The van der Waals surface area contributed by atoms with Crippen LogP contribution in [0.2, 0.25) is 0 Å². The Balaban J connectivity index is 1.63. The van der Waals surface area contributed by atoms with Gasteiger partial charge in [0.05, 0.1) is 6.54 Å². The number of nitrogens with zero attached hydrogens (tertiary/aromatic N) is 2. The summed E-state index contributed by atoms with van der Waals surface area (Å²) in [5.74, 6) is -0.473. The summed E-state index contributed by atoms with van der Waals surface area (Å²) in [6.45, 7) is 2.94. The van der Waals surface area contributed by atoms with Gasteiger partial charge in [0.25, 0.3) is 11.8 Å². The van der Waals surface area contributed by atoms with Gasteiger partial charge >= 0.3 is 6.03 Å².